The van der Waals surface area contributed by atoms with E-state index >= 15 is 0 Å². The molecular weight excluding hydrogens is 261 g/mol. The minimum atomic E-state index is -0.482. The summed E-state index contributed by atoms with van der Waals surface area (Å²) in [5.74, 6) is -0.428. The van der Waals surface area contributed by atoms with E-state index in [1.54, 1.807) is 6.07 Å². The molecule has 1 aromatic rings. The molecule has 3 rings (SSSR count). The van der Waals surface area contributed by atoms with Crippen molar-refractivity contribution in [2.24, 2.45) is 0 Å². The van der Waals surface area contributed by atoms with Gasteiger partial charge in [-0.2, -0.15) is 0 Å². The van der Waals surface area contributed by atoms with Crippen molar-refractivity contribution in [1.82, 2.24) is 0 Å². The van der Waals surface area contributed by atoms with Crippen molar-refractivity contribution in [2.75, 3.05) is 36.0 Å². The number of anilines is 2. The van der Waals surface area contributed by atoms with Crippen LogP contribution in [0.1, 0.15) is 25.7 Å². The van der Waals surface area contributed by atoms with E-state index < -0.39 is 10.7 Å². The monoisotopic (exact) mass is 279 g/mol. The second-order valence-corrected chi connectivity index (χ2v) is 5.41. The first kappa shape index (κ1) is 13.1. The van der Waals surface area contributed by atoms with E-state index in [2.05, 4.69) is 0 Å². The molecule has 0 atom stereocenters. The zero-order chi connectivity index (χ0) is 14.1. The number of hydrogen-bond acceptors (Lipinski definition) is 4. The van der Waals surface area contributed by atoms with Crippen molar-refractivity contribution in [2.45, 2.75) is 25.7 Å². The summed E-state index contributed by atoms with van der Waals surface area (Å²) in [6.07, 6.45) is 4.03. The van der Waals surface area contributed by atoms with Crippen LogP contribution >= 0.6 is 0 Å². The Balaban J connectivity index is 2.06. The molecule has 20 heavy (non-hydrogen) atoms. The first-order valence-corrected chi connectivity index (χ1v) is 7.15. The number of nitrogens with zero attached hydrogens (tertiary/aromatic N) is 3. The lowest BCUT2D eigenvalue weighted by Gasteiger charge is -2.23. The molecule has 0 bridgehead atoms. The number of halogens is 1. The summed E-state index contributed by atoms with van der Waals surface area (Å²) in [7, 11) is 0. The summed E-state index contributed by atoms with van der Waals surface area (Å²) < 4.78 is 14.8. The molecule has 1 aromatic carbocycles. The largest absolute Gasteiger partial charge is 0.369 e. The van der Waals surface area contributed by atoms with Crippen LogP contribution in [0.4, 0.5) is 21.5 Å². The summed E-state index contributed by atoms with van der Waals surface area (Å²) in [6.45, 7) is 3.05. The fourth-order valence-electron chi connectivity index (χ4n) is 3.13. The Morgan fingerprint density at radius 1 is 1.00 bits per heavy atom. The smallest absolute Gasteiger partial charge is 0.295 e. The number of nitro benzene ring substituents is 1. The van der Waals surface area contributed by atoms with Crippen molar-refractivity contribution >= 4 is 17.1 Å². The van der Waals surface area contributed by atoms with Crippen LogP contribution in [0.5, 0.6) is 0 Å². The van der Waals surface area contributed by atoms with E-state index in [0.717, 1.165) is 38.8 Å². The quantitative estimate of drug-likeness (QED) is 0.630. The lowest BCUT2D eigenvalue weighted by atomic mass is 10.2. The van der Waals surface area contributed by atoms with Gasteiger partial charge in [-0.3, -0.25) is 10.1 Å². The number of rotatable bonds is 3. The topological polar surface area (TPSA) is 49.6 Å². The van der Waals surface area contributed by atoms with Gasteiger partial charge in [0.05, 0.1) is 10.6 Å². The Bertz CT molecular complexity index is 523. The van der Waals surface area contributed by atoms with Crippen LogP contribution in [0.3, 0.4) is 0 Å². The van der Waals surface area contributed by atoms with Crippen LogP contribution < -0.4 is 9.80 Å². The standard InChI is InChI=1S/C14H18FN3O2/c15-13-11(16-7-1-2-8-16)5-6-12(18(19)20)14(13)17-9-3-4-10-17/h5-6H,1-4,7-10H2. The van der Waals surface area contributed by atoms with Gasteiger partial charge in [-0.25, -0.2) is 4.39 Å². The molecule has 2 aliphatic rings. The second-order valence-electron chi connectivity index (χ2n) is 5.41. The van der Waals surface area contributed by atoms with Crippen LogP contribution in [-0.4, -0.2) is 31.1 Å². The number of nitro groups is 1. The molecule has 2 fully saturated rings. The average Bonchev–Trinajstić information content (AvgIpc) is 3.11. The van der Waals surface area contributed by atoms with E-state index in [-0.39, 0.29) is 11.4 Å². The van der Waals surface area contributed by atoms with Crippen molar-refractivity contribution in [3.8, 4) is 0 Å². The van der Waals surface area contributed by atoms with Gasteiger partial charge in [-0.1, -0.05) is 0 Å². The maximum absolute atomic E-state index is 14.8. The van der Waals surface area contributed by atoms with Gasteiger partial charge in [0.15, 0.2) is 11.5 Å². The van der Waals surface area contributed by atoms with Gasteiger partial charge in [-0.05, 0) is 31.7 Å². The summed E-state index contributed by atoms with van der Waals surface area (Å²) in [4.78, 5) is 14.5. The third kappa shape index (κ3) is 2.19. The van der Waals surface area contributed by atoms with E-state index in [0.29, 0.717) is 18.8 Å². The number of hydrogen-bond donors (Lipinski definition) is 0. The molecule has 0 spiro atoms. The van der Waals surface area contributed by atoms with Gasteiger partial charge in [0.2, 0.25) is 0 Å². The van der Waals surface area contributed by atoms with Gasteiger partial charge in [0.25, 0.3) is 5.69 Å². The minimum absolute atomic E-state index is 0.118. The lowest BCUT2D eigenvalue weighted by Crippen LogP contribution is -2.24. The number of benzene rings is 1. The van der Waals surface area contributed by atoms with Gasteiger partial charge in [-0.15, -0.1) is 0 Å². The fraction of sp³-hybridized carbons (Fsp3) is 0.571. The fourth-order valence-corrected chi connectivity index (χ4v) is 3.13. The molecule has 6 heteroatoms. The molecule has 0 aliphatic carbocycles. The van der Waals surface area contributed by atoms with E-state index in [1.165, 1.54) is 6.07 Å². The summed E-state index contributed by atoms with van der Waals surface area (Å²) in [5, 5.41) is 11.2. The lowest BCUT2D eigenvalue weighted by molar-refractivity contribution is -0.384. The average molecular weight is 279 g/mol. The second kappa shape index (κ2) is 5.26. The van der Waals surface area contributed by atoms with Gasteiger partial charge < -0.3 is 9.80 Å². The van der Waals surface area contributed by atoms with Crippen LogP contribution in [0.25, 0.3) is 0 Å². The van der Waals surface area contributed by atoms with Crippen LogP contribution in [0, 0.1) is 15.9 Å². The molecule has 2 heterocycles. The molecule has 5 nitrogen and oxygen atoms in total. The predicted octanol–water partition coefficient (Wildman–Crippen LogP) is 2.93. The van der Waals surface area contributed by atoms with Crippen molar-refractivity contribution in [3.05, 3.63) is 28.1 Å². The molecule has 0 radical (unpaired) electrons. The minimum Gasteiger partial charge on any atom is -0.369 e. The Labute approximate surface area is 117 Å². The van der Waals surface area contributed by atoms with E-state index in [1.807, 2.05) is 9.80 Å². The maximum Gasteiger partial charge on any atom is 0.295 e. The van der Waals surface area contributed by atoms with Crippen molar-refractivity contribution in [3.63, 3.8) is 0 Å². The van der Waals surface area contributed by atoms with Gasteiger partial charge in [0.1, 0.15) is 0 Å². The summed E-state index contributed by atoms with van der Waals surface area (Å²) in [6, 6.07) is 3.00. The molecule has 0 unspecified atom stereocenters. The van der Waals surface area contributed by atoms with E-state index in [4.69, 9.17) is 0 Å². The molecule has 0 aromatic heterocycles. The molecule has 108 valence electrons. The first-order valence-electron chi connectivity index (χ1n) is 7.15. The third-order valence-electron chi connectivity index (χ3n) is 4.14. The molecule has 2 aliphatic heterocycles. The normalized spacial score (nSPS) is 18.9. The Morgan fingerprint density at radius 2 is 1.55 bits per heavy atom. The predicted molar refractivity (Wildman–Crippen MR) is 75.9 cm³/mol. The van der Waals surface area contributed by atoms with Crippen LogP contribution in [0.15, 0.2) is 12.1 Å². The Hall–Kier alpha value is -1.85. The zero-order valence-electron chi connectivity index (χ0n) is 11.3. The van der Waals surface area contributed by atoms with Gasteiger partial charge >= 0.3 is 0 Å². The SMILES string of the molecule is O=[N+]([O-])c1ccc(N2CCCC2)c(F)c1N1CCCC1. The molecule has 0 saturated carbocycles. The van der Waals surface area contributed by atoms with E-state index in [9.17, 15) is 14.5 Å². The highest BCUT2D eigenvalue weighted by Gasteiger charge is 2.29. The first-order chi connectivity index (χ1) is 9.68. The van der Waals surface area contributed by atoms with Crippen LogP contribution in [0.2, 0.25) is 0 Å². The van der Waals surface area contributed by atoms with Crippen molar-refractivity contribution < 1.29 is 9.31 Å². The Morgan fingerprint density at radius 3 is 2.10 bits per heavy atom. The summed E-state index contributed by atoms with van der Waals surface area (Å²) in [5.41, 5.74) is 0.569. The highest BCUT2D eigenvalue weighted by Crippen LogP contribution is 2.39. The zero-order valence-corrected chi connectivity index (χ0v) is 11.3. The molecule has 0 amide bonds. The van der Waals surface area contributed by atoms with Gasteiger partial charge in [0, 0.05) is 32.2 Å². The summed E-state index contributed by atoms with van der Waals surface area (Å²) >= 11 is 0. The maximum atomic E-state index is 14.8. The highest BCUT2D eigenvalue weighted by molar-refractivity contribution is 5.72. The molecular formula is C14H18FN3O2. The molecule has 0 N–H and O–H groups in total. The van der Waals surface area contributed by atoms with Crippen LogP contribution in [-0.2, 0) is 0 Å². The Kier molecular flexibility index (Phi) is 3.46. The third-order valence-corrected chi connectivity index (χ3v) is 4.14. The van der Waals surface area contributed by atoms with Crippen molar-refractivity contribution in [1.29, 1.82) is 0 Å². The highest BCUT2D eigenvalue weighted by atomic mass is 19.1. The molecule has 2 saturated heterocycles.